The Kier molecular flexibility index (Phi) is 10.7. The lowest BCUT2D eigenvalue weighted by atomic mass is 9.82. The van der Waals surface area contributed by atoms with Crippen molar-refractivity contribution in [1.29, 1.82) is 0 Å². The fourth-order valence-electron chi connectivity index (χ4n) is 4.37. The zero-order chi connectivity index (χ0) is 33.0. The average molecular weight is 611 g/mol. The van der Waals surface area contributed by atoms with E-state index in [-0.39, 0.29) is 23.9 Å². The number of alkyl halides is 4. The van der Waals surface area contributed by atoms with Gasteiger partial charge in [-0.25, -0.2) is 4.79 Å². The van der Waals surface area contributed by atoms with Crippen LogP contribution in [0.2, 0.25) is 0 Å². The Hall–Kier alpha value is -4.00. The molecule has 0 bridgehead atoms. The van der Waals surface area contributed by atoms with Gasteiger partial charge >= 0.3 is 17.8 Å². The summed E-state index contributed by atoms with van der Waals surface area (Å²) in [5, 5.41) is 15.5. The number of nitrogens with two attached hydrogens (primary N) is 1. The Balaban J connectivity index is 0.000000255. The van der Waals surface area contributed by atoms with Crippen LogP contribution in [-0.2, 0) is 19.2 Å². The first-order valence-electron chi connectivity index (χ1n) is 13.4. The van der Waals surface area contributed by atoms with Gasteiger partial charge in [-0.2, -0.15) is 17.6 Å². The third-order valence-corrected chi connectivity index (χ3v) is 7.43. The summed E-state index contributed by atoms with van der Waals surface area (Å²) in [6.45, 7) is 7.90. The summed E-state index contributed by atoms with van der Waals surface area (Å²) >= 11 is 0. The van der Waals surface area contributed by atoms with Crippen molar-refractivity contribution in [1.82, 2.24) is 16.0 Å². The third kappa shape index (κ3) is 8.53. The number of carboxylic acids is 1. The first kappa shape index (κ1) is 35.2. The molecule has 0 saturated carbocycles. The number of carboxylic acid groups (broad SMARTS) is 1. The number of amides is 3. The van der Waals surface area contributed by atoms with Gasteiger partial charge in [0.05, 0.1) is 29.0 Å². The van der Waals surface area contributed by atoms with Crippen molar-refractivity contribution in [3.8, 4) is 0 Å². The molecule has 0 spiro atoms. The van der Waals surface area contributed by atoms with Gasteiger partial charge in [0.1, 0.15) is 0 Å². The molecule has 13 heteroatoms. The molecule has 9 nitrogen and oxygen atoms in total. The molecular weight excluding hydrogens is 572 g/mol. The maximum absolute atomic E-state index is 13.1. The number of halogens is 4. The molecule has 2 aliphatic rings. The zero-order valence-electron chi connectivity index (χ0n) is 24.8. The van der Waals surface area contributed by atoms with E-state index in [2.05, 4.69) is 16.0 Å². The number of hydrogen-bond donors (Lipinski definition) is 5. The van der Waals surface area contributed by atoms with E-state index in [1.807, 2.05) is 50.2 Å². The van der Waals surface area contributed by atoms with Crippen LogP contribution in [-0.4, -0.2) is 52.7 Å². The molecule has 2 aromatic carbocycles. The van der Waals surface area contributed by atoms with Crippen LogP contribution in [0.4, 0.5) is 17.6 Å². The van der Waals surface area contributed by atoms with Crippen LogP contribution in [0.1, 0.15) is 64.8 Å². The molecule has 2 fully saturated rings. The molecule has 2 aromatic rings. The summed E-state index contributed by atoms with van der Waals surface area (Å²) in [5.74, 6) is -10.8. The molecule has 2 heterocycles. The van der Waals surface area contributed by atoms with Crippen LogP contribution >= 0.6 is 0 Å². The Bertz CT molecular complexity index is 1300. The molecule has 2 aliphatic heterocycles. The van der Waals surface area contributed by atoms with Crippen molar-refractivity contribution in [2.75, 3.05) is 0 Å². The summed E-state index contributed by atoms with van der Waals surface area (Å²) in [6, 6.07) is 17.3. The SMILES string of the molecule is CC(F)(F)C(=O)N[C@@H]1C(c2ccccc2)NC(=O)C1(C)C.CC(F)(F)C(=O)O.CC1(C)C(=O)NC(c2ccccc2)[C@H]1N. The van der Waals surface area contributed by atoms with Crippen LogP contribution in [0, 0.1) is 10.8 Å². The Morgan fingerprint density at radius 1 is 0.767 bits per heavy atom. The Morgan fingerprint density at radius 3 is 1.49 bits per heavy atom. The quantitative estimate of drug-likeness (QED) is 0.324. The van der Waals surface area contributed by atoms with Crippen LogP contribution in [0.15, 0.2) is 60.7 Å². The topological polar surface area (TPSA) is 151 Å². The van der Waals surface area contributed by atoms with Crippen LogP contribution in [0.3, 0.4) is 0 Å². The van der Waals surface area contributed by atoms with Crippen LogP contribution < -0.4 is 21.7 Å². The molecule has 2 unspecified atom stereocenters. The zero-order valence-corrected chi connectivity index (χ0v) is 24.8. The standard InChI is InChI=1S/C15H18F2N2O2.C12H16N2O.C3H4F2O2/c1-14(2)11(19-13(21)15(3,16)17)10(18-12(14)20)9-7-5-4-6-8-9;1-12(2)10(13)9(14-11(12)15)8-6-4-3-5-7-8;1-3(4,5)2(6)7/h4-8,10-11H,1-3H3,(H,18,20)(H,19,21);3-7,9-10H,13H2,1-2H3,(H,14,15);1H3,(H,6,7)/t10?,11-;9?,10-;/m11./s1. The van der Waals surface area contributed by atoms with E-state index in [4.69, 9.17) is 10.8 Å². The van der Waals surface area contributed by atoms with Crippen LogP contribution in [0.25, 0.3) is 0 Å². The minimum Gasteiger partial charge on any atom is -0.477 e. The second-order valence-corrected chi connectivity index (χ2v) is 11.7. The van der Waals surface area contributed by atoms with E-state index in [0.29, 0.717) is 13.8 Å². The van der Waals surface area contributed by atoms with Gasteiger partial charge in [0, 0.05) is 19.9 Å². The normalized spacial score (nSPS) is 23.9. The number of nitrogens with one attached hydrogen (secondary N) is 3. The fourth-order valence-corrected chi connectivity index (χ4v) is 4.37. The molecule has 0 aromatic heterocycles. The highest BCUT2D eigenvalue weighted by molar-refractivity contribution is 5.89. The predicted octanol–water partition coefficient (Wildman–Crippen LogP) is 3.96. The maximum Gasteiger partial charge on any atom is 0.374 e. The van der Waals surface area contributed by atoms with E-state index in [0.717, 1.165) is 11.1 Å². The Labute approximate surface area is 247 Å². The summed E-state index contributed by atoms with van der Waals surface area (Å²) < 4.78 is 48.8. The molecule has 0 radical (unpaired) electrons. The van der Waals surface area contributed by atoms with Crippen molar-refractivity contribution >= 4 is 23.7 Å². The highest BCUT2D eigenvalue weighted by Gasteiger charge is 2.51. The second kappa shape index (κ2) is 13.1. The number of aliphatic carboxylic acids is 1. The van der Waals surface area contributed by atoms with E-state index in [1.165, 1.54) is 0 Å². The summed E-state index contributed by atoms with van der Waals surface area (Å²) in [6.07, 6.45) is 0. The maximum atomic E-state index is 13.1. The smallest absolute Gasteiger partial charge is 0.374 e. The lowest BCUT2D eigenvalue weighted by molar-refractivity contribution is -0.162. The van der Waals surface area contributed by atoms with Crippen LogP contribution in [0.5, 0.6) is 0 Å². The molecule has 0 aliphatic carbocycles. The number of rotatable bonds is 5. The number of benzene rings is 2. The van der Waals surface area contributed by atoms with E-state index >= 15 is 0 Å². The van der Waals surface area contributed by atoms with E-state index in [9.17, 15) is 36.7 Å². The fraction of sp³-hybridized carbons (Fsp3) is 0.467. The van der Waals surface area contributed by atoms with Gasteiger partial charge in [-0.05, 0) is 38.8 Å². The first-order chi connectivity index (χ1) is 19.6. The largest absolute Gasteiger partial charge is 0.477 e. The Morgan fingerprint density at radius 2 is 1.14 bits per heavy atom. The van der Waals surface area contributed by atoms with Crippen molar-refractivity contribution < 1.29 is 41.8 Å². The van der Waals surface area contributed by atoms with Gasteiger partial charge in [-0.15, -0.1) is 0 Å². The summed E-state index contributed by atoms with van der Waals surface area (Å²) in [4.78, 5) is 44.6. The van der Waals surface area contributed by atoms with E-state index < -0.39 is 46.6 Å². The monoisotopic (exact) mass is 610 g/mol. The number of carbonyl (C=O) groups is 4. The lowest BCUT2D eigenvalue weighted by Gasteiger charge is -2.29. The van der Waals surface area contributed by atoms with Gasteiger partial charge in [-0.1, -0.05) is 60.7 Å². The van der Waals surface area contributed by atoms with E-state index in [1.54, 1.807) is 38.1 Å². The molecule has 236 valence electrons. The minimum absolute atomic E-state index is 0.0313. The van der Waals surface area contributed by atoms with Gasteiger partial charge in [0.2, 0.25) is 11.8 Å². The average Bonchev–Trinajstić information content (AvgIpc) is 3.27. The minimum atomic E-state index is -3.58. The molecule has 6 N–H and O–H groups in total. The van der Waals surface area contributed by atoms with Crippen molar-refractivity contribution in [3.63, 3.8) is 0 Å². The molecule has 4 rings (SSSR count). The summed E-state index contributed by atoms with van der Waals surface area (Å²) in [7, 11) is 0. The highest BCUT2D eigenvalue weighted by atomic mass is 19.3. The molecule has 43 heavy (non-hydrogen) atoms. The van der Waals surface area contributed by atoms with Gasteiger partial charge < -0.3 is 26.8 Å². The molecule has 3 amide bonds. The predicted molar refractivity (Wildman–Crippen MR) is 151 cm³/mol. The van der Waals surface area contributed by atoms with Crippen molar-refractivity contribution in [3.05, 3.63) is 71.8 Å². The second-order valence-electron chi connectivity index (χ2n) is 11.7. The highest BCUT2D eigenvalue weighted by Crippen LogP contribution is 2.38. The lowest BCUT2D eigenvalue weighted by Crippen LogP contribution is -2.51. The number of carbonyl (C=O) groups excluding carboxylic acids is 3. The first-order valence-corrected chi connectivity index (χ1v) is 13.4. The van der Waals surface area contributed by atoms with Gasteiger partial charge in [0.15, 0.2) is 0 Å². The molecule has 2 saturated heterocycles. The molecular formula is C30H38F4N4O5. The molecule has 4 atom stereocenters. The van der Waals surface area contributed by atoms with Crippen molar-refractivity contribution in [2.24, 2.45) is 16.6 Å². The van der Waals surface area contributed by atoms with Gasteiger partial charge in [-0.3, -0.25) is 14.4 Å². The summed E-state index contributed by atoms with van der Waals surface area (Å²) in [5.41, 5.74) is 6.48. The number of hydrogen-bond acceptors (Lipinski definition) is 5. The van der Waals surface area contributed by atoms with Crippen molar-refractivity contribution in [2.45, 2.75) is 77.6 Å². The van der Waals surface area contributed by atoms with Gasteiger partial charge in [0.25, 0.3) is 5.91 Å². The third-order valence-electron chi connectivity index (χ3n) is 7.43.